The van der Waals surface area contributed by atoms with Crippen LogP contribution in [0.25, 0.3) is 27.7 Å². The summed E-state index contributed by atoms with van der Waals surface area (Å²) in [6.45, 7) is 2.72. The molecule has 0 aliphatic carbocycles. The molecule has 0 aliphatic heterocycles. The van der Waals surface area contributed by atoms with Crippen molar-refractivity contribution in [2.24, 2.45) is 0 Å². The number of nitriles is 2. The molecule has 30 heavy (non-hydrogen) atoms. The lowest BCUT2D eigenvalue weighted by atomic mass is 9.97. The molecular formula is C20H10ClN5O4. The van der Waals surface area contributed by atoms with Crippen LogP contribution in [0.5, 0.6) is 0 Å². The molecule has 4 aromatic rings. The Labute approximate surface area is 172 Å². The van der Waals surface area contributed by atoms with Gasteiger partial charge in [0.2, 0.25) is 11.3 Å². The summed E-state index contributed by atoms with van der Waals surface area (Å²) in [5, 5.41) is 23.9. The number of halogens is 1. The maximum atomic E-state index is 13.2. The van der Waals surface area contributed by atoms with Crippen molar-refractivity contribution in [1.29, 1.82) is 10.5 Å². The van der Waals surface area contributed by atoms with Crippen LogP contribution in [-0.4, -0.2) is 20.1 Å². The van der Waals surface area contributed by atoms with Gasteiger partial charge in [-0.1, -0.05) is 11.6 Å². The fourth-order valence-corrected chi connectivity index (χ4v) is 3.60. The van der Waals surface area contributed by atoms with Crippen LogP contribution >= 0.6 is 11.6 Å². The van der Waals surface area contributed by atoms with Crippen molar-refractivity contribution in [2.45, 2.75) is 13.8 Å². The van der Waals surface area contributed by atoms with Gasteiger partial charge < -0.3 is 4.42 Å². The van der Waals surface area contributed by atoms with E-state index in [0.29, 0.717) is 0 Å². The molecule has 0 fully saturated rings. The normalized spacial score (nSPS) is 10.8. The van der Waals surface area contributed by atoms with E-state index in [2.05, 4.69) is 5.10 Å². The molecule has 0 unspecified atom stereocenters. The fraction of sp³-hybridized carbons (Fsp3) is 0.100. The second kappa shape index (κ2) is 6.69. The molecule has 0 saturated heterocycles. The first kappa shape index (κ1) is 19.1. The van der Waals surface area contributed by atoms with Crippen LogP contribution in [0.1, 0.15) is 28.7 Å². The quantitative estimate of drug-likeness (QED) is 0.462. The molecule has 0 N–H and O–H groups in total. The molecule has 3 heterocycles. The zero-order valence-electron chi connectivity index (χ0n) is 15.6. The average Bonchev–Trinajstić information content (AvgIpc) is 3.06. The van der Waals surface area contributed by atoms with E-state index in [9.17, 15) is 24.9 Å². The van der Waals surface area contributed by atoms with E-state index in [-0.39, 0.29) is 44.2 Å². The summed E-state index contributed by atoms with van der Waals surface area (Å²) in [7, 11) is 0. The number of aryl methyl sites for hydroxylation is 1. The van der Waals surface area contributed by atoms with E-state index in [4.69, 9.17) is 16.0 Å². The summed E-state index contributed by atoms with van der Waals surface area (Å²) in [5.74, 6) is -0.346. The maximum absolute atomic E-state index is 13.2. The van der Waals surface area contributed by atoms with Gasteiger partial charge in [-0.25, -0.2) is 4.57 Å². The van der Waals surface area contributed by atoms with Crippen molar-refractivity contribution in [3.05, 3.63) is 67.0 Å². The molecule has 0 spiro atoms. The van der Waals surface area contributed by atoms with Gasteiger partial charge >= 0.3 is 0 Å². The second-order valence-electron chi connectivity index (χ2n) is 6.41. The average molecular weight is 420 g/mol. The Bertz CT molecular complexity index is 1610. The van der Waals surface area contributed by atoms with Gasteiger partial charge in [0, 0.05) is 17.5 Å². The van der Waals surface area contributed by atoms with Gasteiger partial charge in [0.05, 0.1) is 10.9 Å². The lowest BCUT2D eigenvalue weighted by Gasteiger charge is -2.09. The highest BCUT2D eigenvalue weighted by molar-refractivity contribution is 6.31. The topological polar surface area (TPSA) is 134 Å². The number of nitrogens with zero attached hydrogens (tertiary/aromatic N) is 5. The molecule has 146 valence electrons. The number of hydrogen-bond acceptors (Lipinski definition) is 7. The SMILES string of the molecule is CC(=O)n1c(C)nn2c(=O)c(C#N)c(-c3coc4ccc(Cl)cc4c3=O)c(C#N)c12. The van der Waals surface area contributed by atoms with Gasteiger partial charge in [-0.05, 0) is 25.1 Å². The summed E-state index contributed by atoms with van der Waals surface area (Å²) in [6.07, 6.45) is 1.08. The van der Waals surface area contributed by atoms with Crippen LogP contribution in [0.4, 0.5) is 0 Å². The second-order valence-corrected chi connectivity index (χ2v) is 6.85. The Morgan fingerprint density at radius 3 is 2.53 bits per heavy atom. The Kier molecular flexibility index (Phi) is 4.27. The lowest BCUT2D eigenvalue weighted by Crippen LogP contribution is -2.22. The molecule has 1 aromatic carbocycles. The number of hydrogen-bond donors (Lipinski definition) is 0. The van der Waals surface area contributed by atoms with E-state index in [0.717, 1.165) is 15.3 Å². The van der Waals surface area contributed by atoms with E-state index < -0.39 is 22.5 Å². The van der Waals surface area contributed by atoms with E-state index in [1.807, 2.05) is 6.07 Å². The minimum atomic E-state index is -0.866. The van der Waals surface area contributed by atoms with Gasteiger partial charge in [0.1, 0.15) is 40.9 Å². The number of fused-ring (bicyclic) bond motifs is 2. The fourth-order valence-electron chi connectivity index (χ4n) is 3.43. The zero-order chi connectivity index (χ0) is 21.7. The standard InChI is InChI=1S/C20H10ClN5O4/c1-9-24-26-19(25(9)10(2)27)13(6-22)17(14(7-23)20(26)29)15-8-30-16-4-3-11(21)5-12(16)18(15)28/h3-5,8H,1-2H3. The van der Waals surface area contributed by atoms with Crippen molar-refractivity contribution < 1.29 is 9.21 Å². The van der Waals surface area contributed by atoms with E-state index >= 15 is 0 Å². The van der Waals surface area contributed by atoms with Crippen molar-refractivity contribution in [3.8, 4) is 23.3 Å². The highest BCUT2D eigenvalue weighted by atomic mass is 35.5. The van der Waals surface area contributed by atoms with E-state index in [1.165, 1.54) is 26.0 Å². The number of carbonyl (C=O) groups is 1. The van der Waals surface area contributed by atoms with Crippen molar-refractivity contribution in [3.63, 3.8) is 0 Å². The molecule has 4 rings (SSSR count). The largest absolute Gasteiger partial charge is 0.463 e. The first-order chi connectivity index (χ1) is 14.3. The van der Waals surface area contributed by atoms with Crippen LogP contribution in [-0.2, 0) is 0 Å². The van der Waals surface area contributed by atoms with Gasteiger partial charge in [-0.3, -0.25) is 14.4 Å². The predicted molar refractivity (Wildman–Crippen MR) is 106 cm³/mol. The molecular weight excluding hydrogens is 410 g/mol. The van der Waals surface area contributed by atoms with Crippen molar-refractivity contribution in [2.75, 3.05) is 0 Å². The number of pyridine rings is 1. The molecule has 0 atom stereocenters. The summed E-state index contributed by atoms with van der Waals surface area (Å²) in [5.41, 5.74) is -2.42. The summed E-state index contributed by atoms with van der Waals surface area (Å²) < 4.78 is 7.38. The monoisotopic (exact) mass is 419 g/mol. The van der Waals surface area contributed by atoms with Crippen molar-refractivity contribution in [1.82, 2.24) is 14.2 Å². The number of benzene rings is 1. The molecule has 0 radical (unpaired) electrons. The Morgan fingerprint density at radius 2 is 1.90 bits per heavy atom. The number of rotatable bonds is 1. The van der Waals surface area contributed by atoms with Crippen molar-refractivity contribution >= 4 is 34.1 Å². The van der Waals surface area contributed by atoms with Crippen LogP contribution in [0.3, 0.4) is 0 Å². The maximum Gasteiger partial charge on any atom is 0.291 e. The van der Waals surface area contributed by atoms with Crippen LogP contribution in [0, 0.1) is 29.6 Å². The van der Waals surface area contributed by atoms with Crippen LogP contribution < -0.4 is 11.0 Å². The molecule has 0 bridgehead atoms. The van der Waals surface area contributed by atoms with E-state index in [1.54, 1.807) is 12.1 Å². The van der Waals surface area contributed by atoms with Crippen LogP contribution in [0.2, 0.25) is 5.02 Å². The summed E-state index contributed by atoms with van der Waals surface area (Å²) in [4.78, 5) is 38.2. The zero-order valence-corrected chi connectivity index (χ0v) is 16.3. The highest BCUT2D eigenvalue weighted by Crippen LogP contribution is 2.29. The molecule has 0 aliphatic rings. The Morgan fingerprint density at radius 1 is 1.20 bits per heavy atom. The Balaban J connectivity index is 2.28. The van der Waals surface area contributed by atoms with Gasteiger partial charge in [-0.2, -0.15) is 15.0 Å². The predicted octanol–water partition coefficient (Wildman–Crippen LogP) is 2.63. The third kappa shape index (κ3) is 2.54. The molecule has 0 saturated carbocycles. The number of aromatic nitrogens is 3. The molecule has 10 heteroatoms. The highest BCUT2D eigenvalue weighted by Gasteiger charge is 2.27. The minimum Gasteiger partial charge on any atom is -0.463 e. The molecule has 3 aromatic heterocycles. The first-order valence-corrected chi connectivity index (χ1v) is 8.88. The third-order valence-electron chi connectivity index (χ3n) is 4.65. The van der Waals surface area contributed by atoms with Gasteiger partial charge in [-0.15, -0.1) is 5.10 Å². The van der Waals surface area contributed by atoms with Gasteiger partial charge in [0.15, 0.2) is 5.65 Å². The minimum absolute atomic E-state index is 0.115. The summed E-state index contributed by atoms with van der Waals surface area (Å²) >= 11 is 5.98. The first-order valence-electron chi connectivity index (χ1n) is 8.51. The smallest absolute Gasteiger partial charge is 0.291 e. The van der Waals surface area contributed by atoms with Crippen LogP contribution in [0.15, 0.2) is 38.5 Å². The third-order valence-corrected chi connectivity index (χ3v) is 4.89. The lowest BCUT2D eigenvalue weighted by molar-refractivity contribution is 0.0938. The number of carbonyl (C=O) groups excluding carboxylic acids is 1. The molecule has 0 amide bonds. The molecule has 9 nitrogen and oxygen atoms in total. The summed E-state index contributed by atoms with van der Waals surface area (Å²) in [6, 6.07) is 8.09. The van der Waals surface area contributed by atoms with Gasteiger partial charge in [0.25, 0.3) is 5.56 Å². The Hall–Kier alpha value is -4.21.